The number of likely N-dealkylation sites (N-methyl/N-ethyl adjacent to an activating group) is 1. The molecule has 1 amide bonds. The number of nitrogens with zero attached hydrogens (tertiary/aromatic N) is 3. The van der Waals surface area contributed by atoms with Crippen LogP contribution in [-0.4, -0.2) is 53.9 Å². The average Bonchev–Trinajstić information content (AvgIpc) is 2.62. The zero-order valence-corrected chi connectivity index (χ0v) is 16.1. The van der Waals surface area contributed by atoms with Gasteiger partial charge in [-0.3, -0.25) is 9.78 Å². The molecule has 0 bridgehead atoms. The van der Waals surface area contributed by atoms with Crippen molar-refractivity contribution < 1.29 is 4.79 Å². The Kier molecular flexibility index (Phi) is 5.28. The maximum Gasteiger partial charge on any atom is 0.255 e. The fourth-order valence-corrected chi connectivity index (χ4v) is 3.04. The topological polar surface area (TPSA) is 48.5 Å². The van der Waals surface area contributed by atoms with Gasteiger partial charge >= 0.3 is 0 Å². The van der Waals surface area contributed by atoms with E-state index in [1.165, 1.54) is 5.56 Å². The van der Waals surface area contributed by atoms with Gasteiger partial charge in [-0.05, 0) is 36.2 Å². The van der Waals surface area contributed by atoms with Crippen molar-refractivity contribution in [1.29, 1.82) is 0 Å². The summed E-state index contributed by atoms with van der Waals surface area (Å²) in [7, 11) is 2.08. The van der Waals surface area contributed by atoms with E-state index in [2.05, 4.69) is 67.3 Å². The predicted molar refractivity (Wildman–Crippen MR) is 106 cm³/mol. The third-order valence-corrected chi connectivity index (χ3v) is 4.82. The molecule has 26 heavy (non-hydrogen) atoms. The number of amides is 1. The molecular weight excluding hydrogens is 324 g/mol. The van der Waals surface area contributed by atoms with Crippen molar-refractivity contribution in [3.63, 3.8) is 0 Å². The molecular formula is C21H28N4O. The van der Waals surface area contributed by atoms with Gasteiger partial charge in [0.05, 0.1) is 17.4 Å². The molecule has 1 saturated heterocycles. The summed E-state index contributed by atoms with van der Waals surface area (Å²) >= 11 is 0. The van der Waals surface area contributed by atoms with Crippen molar-refractivity contribution in [2.45, 2.75) is 26.2 Å². The molecule has 1 N–H and O–H groups in total. The lowest BCUT2D eigenvalue weighted by Crippen LogP contribution is -2.47. The molecule has 0 saturated carbocycles. The van der Waals surface area contributed by atoms with Crippen LogP contribution in [0.25, 0.3) is 0 Å². The summed E-state index contributed by atoms with van der Waals surface area (Å²) in [5, 5.41) is 3.35. The van der Waals surface area contributed by atoms with E-state index in [1.54, 1.807) is 12.4 Å². The molecule has 138 valence electrons. The van der Waals surface area contributed by atoms with E-state index in [4.69, 9.17) is 0 Å². The normalized spacial score (nSPS) is 15.8. The number of benzene rings is 1. The van der Waals surface area contributed by atoms with E-state index in [0.29, 0.717) is 5.56 Å². The number of aromatic nitrogens is 1. The zero-order valence-electron chi connectivity index (χ0n) is 16.1. The minimum absolute atomic E-state index is 0.0531. The van der Waals surface area contributed by atoms with Crippen LogP contribution >= 0.6 is 0 Å². The summed E-state index contributed by atoms with van der Waals surface area (Å²) in [5.74, 6) is 0.0531. The highest BCUT2D eigenvalue weighted by Crippen LogP contribution is 2.25. The highest BCUT2D eigenvalue weighted by atomic mass is 16.2. The molecule has 2 heterocycles. The smallest absolute Gasteiger partial charge is 0.255 e. The summed E-state index contributed by atoms with van der Waals surface area (Å²) in [6.07, 6.45) is 3.40. The van der Waals surface area contributed by atoms with Crippen LogP contribution in [-0.2, 0) is 5.41 Å². The Balaban J connectivity index is 1.70. The van der Waals surface area contributed by atoms with Crippen LogP contribution in [0.3, 0.4) is 0 Å². The Morgan fingerprint density at radius 3 is 2.27 bits per heavy atom. The second-order valence-corrected chi connectivity index (χ2v) is 8.01. The molecule has 0 spiro atoms. The molecule has 5 heteroatoms. The number of hydrogen-bond donors (Lipinski definition) is 1. The zero-order chi connectivity index (χ0) is 18.7. The first kappa shape index (κ1) is 18.4. The lowest BCUT2D eigenvalue weighted by Gasteiger charge is -2.32. The van der Waals surface area contributed by atoms with Gasteiger partial charge in [0.25, 0.3) is 5.91 Å². The van der Waals surface area contributed by atoms with Crippen LogP contribution in [0.2, 0.25) is 0 Å². The second-order valence-electron chi connectivity index (χ2n) is 8.01. The fraction of sp³-hybridized carbons (Fsp3) is 0.429. The van der Waals surface area contributed by atoms with Crippen molar-refractivity contribution in [3.05, 3.63) is 53.9 Å². The second kappa shape index (κ2) is 7.46. The Morgan fingerprint density at radius 2 is 1.65 bits per heavy atom. The first-order chi connectivity index (χ1) is 12.3. The molecule has 0 radical (unpaired) electrons. The molecule has 1 aliphatic heterocycles. The van der Waals surface area contributed by atoms with Crippen LogP contribution < -0.4 is 5.32 Å². The SMILES string of the molecule is CN1CCN(C(=O)c2cncc(Nc3ccc(C(C)(C)C)cc3)c2)CC1. The Bertz CT molecular complexity index is 756. The van der Waals surface area contributed by atoms with E-state index in [9.17, 15) is 4.79 Å². The van der Waals surface area contributed by atoms with E-state index in [-0.39, 0.29) is 11.3 Å². The van der Waals surface area contributed by atoms with Gasteiger partial charge in [0, 0.05) is 38.1 Å². The summed E-state index contributed by atoms with van der Waals surface area (Å²) < 4.78 is 0. The molecule has 1 aromatic carbocycles. The van der Waals surface area contributed by atoms with Gasteiger partial charge < -0.3 is 15.1 Å². The molecule has 0 aliphatic carbocycles. The number of hydrogen-bond acceptors (Lipinski definition) is 4. The summed E-state index contributed by atoms with van der Waals surface area (Å²) in [6, 6.07) is 10.3. The molecule has 2 aromatic rings. The van der Waals surface area contributed by atoms with Crippen LogP contribution in [0.5, 0.6) is 0 Å². The lowest BCUT2D eigenvalue weighted by atomic mass is 9.87. The largest absolute Gasteiger partial charge is 0.354 e. The molecule has 0 unspecified atom stereocenters. The third kappa shape index (κ3) is 4.41. The molecule has 1 aromatic heterocycles. The van der Waals surface area contributed by atoms with Crippen molar-refractivity contribution >= 4 is 17.3 Å². The highest BCUT2D eigenvalue weighted by molar-refractivity contribution is 5.95. The molecule has 1 aliphatic rings. The van der Waals surface area contributed by atoms with Gasteiger partial charge in [-0.1, -0.05) is 32.9 Å². The monoisotopic (exact) mass is 352 g/mol. The van der Waals surface area contributed by atoms with Gasteiger partial charge in [-0.15, -0.1) is 0 Å². The first-order valence-electron chi connectivity index (χ1n) is 9.13. The lowest BCUT2D eigenvalue weighted by molar-refractivity contribution is 0.0663. The summed E-state index contributed by atoms with van der Waals surface area (Å²) in [6.45, 7) is 9.96. The van der Waals surface area contributed by atoms with E-state index < -0.39 is 0 Å². The van der Waals surface area contributed by atoms with Gasteiger partial charge in [-0.25, -0.2) is 0 Å². The Labute approximate surface area is 156 Å². The standard InChI is InChI=1S/C21H28N4O/c1-21(2,3)17-5-7-18(8-6-17)23-19-13-16(14-22-15-19)20(26)25-11-9-24(4)10-12-25/h5-8,13-15,23H,9-12H2,1-4H3. The number of piperazine rings is 1. The average molecular weight is 352 g/mol. The van der Waals surface area contributed by atoms with Crippen LogP contribution in [0, 0.1) is 0 Å². The number of pyridine rings is 1. The first-order valence-corrected chi connectivity index (χ1v) is 9.13. The number of carbonyl (C=O) groups is 1. The molecule has 3 rings (SSSR count). The Morgan fingerprint density at radius 1 is 1.00 bits per heavy atom. The van der Waals surface area contributed by atoms with Crippen molar-refractivity contribution in [2.24, 2.45) is 0 Å². The number of rotatable bonds is 3. The Hall–Kier alpha value is -2.40. The quantitative estimate of drug-likeness (QED) is 0.918. The third-order valence-electron chi connectivity index (χ3n) is 4.82. The summed E-state index contributed by atoms with van der Waals surface area (Å²) in [4.78, 5) is 21.1. The molecule has 5 nitrogen and oxygen atoms in total. The van der Waals surface area contributed by atoms with Crippen LogP contribution in [0.4, 0.5) is 11.4 Å². The van der Waals surface area contributed by atoms with Gasteiger partial charge in [0.2, 0.25) is 0 Å². The van der Waals surface area contributed by atoms with Gasteiger partial charge in [0.15, 0.2) is 0 Å². The highest BCUT2D eigenvalue weighted by Gasteiger charge is 2.20. The number of nitrogens with one attached hydrogen (secondary N) is 1. The number of carbonyl (C=O) groups excluding carboxylic acids is 1. The van der Waals surface area contributed by atoms with E-state index >= 15 is 0 Å². The van der Waals surface area contributed by atoms with E-state index in [1.807, 2.05) is 11.0 Å². The van der Waals surface area contributed by atoms with Crippen molar-refractivity contribution in [3.8, 4) is 0 Å². The van der Waals surface area contributed by atoms with Crippen molar-refractivity contribution in [1.82, 2.24) is 14.8 Å². The van der Waals surface area contributed by atoms with E-state index in [0.717, 1.165) is 37.6 Å². The minimum atomic E-state index is 0.0531. The number of anilines is 2. The van der Waals surface area contributed by atoms with Gasteiger partial charge in [0.1, 0.15) is 0 Å². The maximum atomic E-state index is 12.7. The van der Waals surface area contributed by atoms with Crippen LogP contribution in [0.1, 0.15) is 36.7 Å². The van der Waals surface area contributed by atoms with Gasteiger partial charge in [-0.2, -0.15) is 0 Å². The molecule has 1 fully saturated rings. The summed E-state index contributed by atoms with van der Waals surface area (Å²) in [5.41, 5.74) is 3.87. The fourth-order valence-electron chi connectivity index (χ4n) is 3.04. The minimum Gasteiger partial charge on any atom is -0.354 e. The van der Waals surface area contributed by atoms with Crippen molar-refractivity contribution in [2.75, 3.05) is 38.5 Å². The predicted octanol–water partition coefficient (Wildman–Crippen LogP) is 3.51. The van der Waals surface area contributed by atoms with Crippen LogP contribution in [0.15, 0.2) is 42.7 Å². The maximum absolute atomic E-state index is 12.7. The molecule has 0 atom stereocenters.